The van der Waals surface area contributed by atoms with Gasteiger partial charge in [0.15, 0.2) is 0 Å². The van der Waals surface area contributed by atoms with Crippen LogP contribution in [0.1, 0.15) is 26.2 Å². The number of hydrogen-bond acceptors (Lipinski definition) is 6. The number of carbonyl (C=O) groups is 4. The molecule has 7 N–H and O–H groups in total. The minimum atomic E-state index is -1.34. The molecule has 0 aliphatic rings. The zero-order valence-electron chi connectivity index (χ0n) is 13.3. The number of carboxylic acids is 2. The Kier molecular flexibility index (Phi) is 9.28. The third-order valence-corrected chi connectivity index (χ3v) is 3.10. The number of nitrogens with one attached hydrogen (secondary N) is 2. The predicted molar refractivity (Wildman–Crippen MR) is 82.9 cm³/mol. The van der Waals surface area contributed by atoms with Crippen LogP contribution in [0.2, 0.25) is 0 Å². The Morgan fingerprint density at radius 3 is 2.12 bits per heavy atom. The highest BCUT2D eigenvalue weighted by atomic mass is 16.4. The molecular formula is C14H23N3O7. The summed E-state index contributed by atoms with van der Waals surface area (Å²) in [7, 11) is 0. The van der Waals surface area contributed by atoms with Crippen molar-refractivity contribution >= 4 is 23.8 Å². The third kappa shape index (κ3) is 7.70. The van der Waals surface area contributed by atoms with Crippen LogP contribution in [0.5, 0.6) is 0 Å². The van der Waals surface area contributed by atoms with Gasteiger partial charge in [0.25, 0.3) is 0 Å². The standard InChI is InChI=1S/C14H23N3O7/c1-7(2)11(14(23)24)17-12(20)9(6-18)16-10(19)5-3-4-8(15)13(21)22/h8-9,11,18H,1,3-6,15H2,2H3,(H,16,19)(H,17,20)(H,21,22)(H,23,24)/t8-,9-,11+/m0/s1. The maximum Gasteiger partial charge on any atom is 0.330 e. The number of aliphatic hydroxyl groups excluding tert-OH is 1. The van der Waals surface area contributed by atoms with Crippen molar-refractivity contribution in [1.29, 1.82) is 0 Å². The molecule has 24 heavy (non-hydrogen) atoms. The van der Waals surface area contributed by atoms with E-state index in [1.54, 1.807) is 0 Å². The summed E-state index contributed by atoms with van der Waals surface area (Å²) in [6, 6.07) is -3.74. The van der Waals surface area contributed by atoms with Gasteiger partial charge in [-0.3, -0.25) is 14.4 Å². The van der Waals surface area contributed by atoms with Crippen LogP contribution in [0.3, 0.4) is 0 Å². The van der Waals surface area contributed by atoms with Crippen molar-refractivity contribution in [2.75, 3.05) is 6.61 Å². The molecule has 0 saturated heterocycles. The van der Waals surface area contributed by atoms with Gasteiger partial charge in [0.05, 0.1) is 6.61 Å². The third-order valence-electron chi connectivity index (χ3n) is 3.10. The predicted octanol–water partition coefficient (Wildman–Crippen LogP) is -1.81. The summed E-state index contributed by atoms with van der Waals surface area (Å²) in [6.07, 6.45) is 0.172. The molecule has 10 nitrogen and oxygen atoms in total. The van der Waals surface area contributed by atoms with Crippen molar-refractivity contribution in [3.8, 4) is 0 Å². The van der Waals surface area contributed by atoms with Gasteiger partial charge in [-0.25, -0.2) is 4.79 Å². The first-order valence-electron chi connectivity index (χ1n) is 7.17. The average molecular weight is 345 g/mol. The second kappa shape index (κ2) is 10.3. The van der Waals surface area contributed by atoms with Crippen LogP contribution in [0.25, 0.3) is 0 Å². The molecule has 0 radical (unpaired) electrons. The average Bonchev–Trinajstić information content (AvgIpc) is 2.48. The minimum Gasteiger partial charge on any atom is -0.480 e. The Morgan fingerprint density at radius 1 is 1.12 bits per heavy atom. The lowest BCUT2D eigenvalue weighted by atomic mass is 10.1. The molecule has 0 unspecified atom stereocenters. The van der Waals surface area contributed by atoms with Gasteiger partial charge in [-0.05, 0) is 25.3 Å². The zero-order chi connectivity index (χ0) is 18.9. The molecule has 10 heteroatoms. The fourth-order valence-electron chi connectivity index (χ4n) is 1.71. The van der Waals surface area contributed by atoms with Crippen LogP contribution in [-0.2, 0) is 19.2 Å². The Hall–Kier alpha value is -2.46. The van der Waals surface area contributed by atoms with Gasteiger partial charge in [0, 0.05) is 6.42 Å². The Bertz CT molecular complexity index is 493. The normalized spacial score (nSPS) is 14.1. The number of aliphatic hydroxyl groups is 1. The molecule has 0 bridgehead atoms. The topological polar surface area (TPSA) is 179 Å². The minimum absolute atomic E-state index is 0.0789. The van der Waals surface area contributed by atoms with Crippen LogP contribution in [0, 0.1) is 0 Å². The first kappa shape index (κ1) is 21.5. The Labute approximate surface area is 138 Å². The maximum atomic E-state index is 11.9. The van der Waals surface area contributed by atoms with E-state index in [-0.39, 0.29) is 24.8 Å². The van der Waals surface area contributed by atoms with Crippen molar-refractivity contribution in [1.82, 2.24) is 10.6 Å². The van der Waals surface area contributed by atoms with Crippen LogP contribution in [0.4, 0.5) is 0 Å². The molecule has 0 fully saturated rings. The SMILES string of the molecule is C=C(C)[C@@H](NC(=O)[C@H](CO)NC(=O)CCC[C@H](N)C(=O)O)C(=O)O. The second-order valence-corrected chi connectivity index (χ2v) is 5.27. The number of aliphatic carboxylic acids is 2. The summed E-state index contributed by atoms with van der Waals surface area (Å²) in [5.74, 6) is -3.96. The Morgan fingerprint density at radius 2 is 1.71 bits per heavy atom. The maximum absolute atomic E-state index is 11.9. The van der Waals surface area contributed by atoms with Crippen molar-refractivity contribution in [2.45, 2.75) is 44.3 Å². The van der Waals surface area contributed by atoms with E-state index in [2.05, 4.69) is 17.2 Å². The van der Waals surface area contributed by atoms with E-state index in [4.69, 9.17) is 15.9 Å². The summed E-state index contributed by atoms with van der Waals surface area (Å²) < 4.78 is 0. The molecule has 0 aliphatic heterocycles. The van der Waals surface area contributed by atoms with E-state index in [1.807, 2.05) is 0 Å². The van der Waals surface area contributed by atoms with Gasteiger partial charge in [0.2, 0.25) is 11.8 Å². The first-order valence-corrected chi connectivity index (χ1v) is 7.17. The van der Waals surface area contributed by atoms with Gasteiger partial charge >= 0.3 is 11.9 Å². The summed E-state index contributed by atoms with van der Waals surface area (Å²) in [4.78, 5) is 45.1. The lowest BCUT2D eigenvalue weighted by Gasteiger charge is -2.20. The molecule has 136 valence electrons. The lowest BCUT2D eigenvalue weighted by molar-refractivity contribution is -0.141. The largest absolute Gasteiger partial charge is 0.480 e. The highest BCUT2D eigenvalue weighted by Gasteiger charge is 2.26. The van der Waals surface area contributed by atoms with Crippen LogP contribution >= 0.6 is 0 Å². The van der Waals surface area contributed by atoms with Gasteiger partial charge in [0.1, 0.15) is 18.1 Å². The van der Waals surface area contributed by atoms with E-state index >= 15 is 0 Å². The zero-order valence-corrected chi connectivity index (χ0v) is 13.3. The molecule has 0 aromatic rings. The van der Waals surface area contributed by atoms with Gasteiger partial charge in [-0.1, -0.05) is 6.58 Å². The molecule has 0 saturated carbocycles. The first-order chi connectivity index (χ1) is 11.1. The number of carbonyl (C=O) groups excluding carboxylic acids is 2. The highest BCUT2D eigenvalue weighted by Crippen LogP contribution is 2.02. The number of rotatable bonds is 11. The van der Waals surface area contributed by atoms with Gasteiger partial charge < -0.3 is 31.7 Å². The number of amides is 2. The number of carboxylic acid groups (broad SMARTS) is 2. The van der Waals surface area contributed by atoms with Crippen LogP contribution in [0.15, 0.2) is 12.2 Å². The smallest absolute Gasteiger partial charge is 0.330 e. The van der Waals surface area contributed by atoms with Gasteiger partial charge in [-0.2, -0.15) is 0 Å². The molecular weight excluding hydrogens is 322 g/mol. The summed E-state index contributed by atoms with van der Waals surface area (Å²) >= 11 is 0. The van der Waals surface area contributed by atoms with Crippen molar-refractivity contribution in [2.24, 2.45) is 5.73 Å². The van der Waals surface area contributed by atoms with Crippen LogP contribution < -0.4 is 16.4 Å². The van der Waals surface area contributed by atoms with Gasteiger partial charge in [-0.15, -0.1) is 0 Å². The molecule has 0 spiro atoms. The molecule has 2 amide bonds. The lowest BCUT2D eigenvalue weighted by Crippen LogP contribution is -2.53. The molecule has 0 heterocycles. The molecule has 0 aliphatic carbocycles. The summed E-state index contributed by atoms with van der Waals surface area (Å²) in [5, 5.41) is 31.1. The van der Waals surface area contributed by atoms with E-state index in [1.165, 1.54) is 6.92 Å². The second-order valence-electron chi connectivity index (χ2n) is 5.27. The highest BCUT2D eigenvalue weighted by molar-refractivity contribution is 5.91. The van der Waals surface area contributed by atoms with E-state index in [9.17, 15) is 24.3 Å². The fraction of sp³-hybridized carbons (Fsp3) is 0.571. The Balaban J connectivity index is 4.50. The monoisotopic (exact) mass is 345 g/mol. The van der Waals surface area contributed by atoms with E-state index in [0.29, 0.717) is 0 Å². The molecule has 0 rings (SSSR count). The summed E-state index contributed by atoms with van der Waals surface area (Å²) in [5.41, 5.74) is 5.47. The summed E-state index contributed by atoms with van der Waals surface area (Å²) in [6.45, 7) is 4.13. The fourth-order valence-corrected chi connectivity index (χ4v) is 1.71. The van der Waals surface area contributed by atoms with Crippen molar-refractivity contribution in [3.63, 3.8) is 0 Å². The van der Waals surface area contributed by atoms with Crippen molar-refractivity contribution < 1.29 is 34.5 Å². The van der Waals surface area contributed by atoms with E-state index < -0.39 is 48.5 Å². The number of hydrogen-bond donors (Lipinski definition) is 6. The molecule has 0 aromatic heterocycles. The quantitative estimate of drug-likeness (QED) is 0.237. The molecule has 0 aromatic carbocycles. The molecule has 3 atom stereocenters. The van der Waals surface area contributed by atoms with E-state index in [0.717, 1.165) is 0 Å². The van der Waals surface area contributed by atoms with Crippen molar-refractivity contribution in [3.05, 3.63) is 12.2 Å². The van der Waals surface area contributed by atoms with Crippen LogP contribution in [-0.4, -0.2) is 63.8 Å². The number of nitrogens with two attached hydrogens (primary N) is 1.